The Bertz CT molecular complexity index is 718. The van der Waals surface area contributed by atoms with Gasteiger partial charge in [0.2, 0.25) is 0 Å². The number of nitriles is 1. The summed E-state index contributed by atoms with van der Waals surface area (Å²) in [5.74, 6) is 1.61. The SMILES string of the molecule is Cc1nc(Cl)cc(N2CCCN(Cc3ccc(C#N)cc3)CC2)n1. The van der Waals surface area contributed by atoms with Gasteiger partial charge in [-0.15, -0.1) is 0 Å². The first-order valence-electron chi connectivity index (χ1n) is 8.11. The summed E-state index contributed by atoms with van der Waals surface area (Å²) in [6.07, 6.45) is 1.08. The molecular weight excluding hydrogens is 322 g/mol. The molecule has 0 atom stereocenters. The van der Waals surface area contributed by atoms with Gasteiger partial charge in [-0.2, -0.15) is 5.26 Å². The van der Waals surface area contributed by atoms with E-state index in [0.717, 1.165) is 45.0 Å². The molecule has 0 N–H and O–H groups in total. The maximum absolute atomic E-state index is 8.88. The molecule has 0 radical (unpaired) electrons. The summed E-state index contributed by atoms with van der Waals surface area (Å²) in [5, 5.41) is 9.37. The van der Waals surface area contributed by atoms with Crippen LogP contribution < -0.4 is 4.90 Å². The van der Waals surface area contributed by atoms with Crippen molar-refractivity contribution < 1.29 is 0 Å². The number of rotatable bonds is 3. The van der Waals surface area contributed by atoms with Gasteiger partial charge in [0.25, 0.3) is 0 Å². The fourth-order valence-corrected chi connectivity index (χ4v) is 3.20. The molecule has 1 aliphatic rings. The predicted molar refractivity (Wildman–Crippen MR) is 95.0 cm³/mol. The van der Waals surface area contributed by atoms with Gasteiger partial charge in [-0.3, -0.25) is 4.90 Å². The second-order valence-electron chi connectivity index (χ2n) is 6.02. The van der Waals surface area contributed by atoms with Crippen LogP contribution in [0.25, 0.3) is 0 Å². The molecule has 1 saturated heterocycles. The minimum atomic E-state index is 0.496. The summed E-state index contributed by atoms with van der Waals surface area (Å²) in [7, 11) is 0. The first kappa shape index (κ1) is 16.7. The Morgan fingerprint density at radius 2 is 1.92 bits per heavy atom. The molecule has 1 fully saturated rings. The normalized spacial score (nSPS) is 15.8. The van der Waals surface area contributed by atoms with Crippen LogP contribution >= 0.6 is 11.6 Å². The molecule has 0 amide bonds. The Kier molecular flexibility index (Phi) is 5.29. The summed E-state index contributed by atoms with van der Waals surface area (Å²) in [6.45, 7) is 6.68. The number of hydrogen-bond donors (Lipinski definition) is 0. The van der Waals surface area contributed by atoms with Crippen LogP contribution in [0.5, 0.6) is 0 Å². The van der Waals surface area contributed by atoms with Gasteiger partial charge in [-0.25, -0.2) is 9.97 Å². The third kappa shape index (κ3) is 4.22. The summed E-state index contributed by atoms with van der Waals surface area (Å²) in [4.78, 5) is 13.4. The number of hydrogen-bond acceptors (Lipinski definition) is 5. The number of nitrogens with zero attached hydrogens (tertiary/aromatic N) is 5. The maximum atomic E-state index is 8.88. The van der Waals surface area contributed by atoms with Crippen molar-refractivity contribution in [2.24, 2.45) is 0 Å². The van der Waals surface area contributed by atoms with Gasteiger partial charge in [-0.1, -0.05) is 23.7 Å². The summed E-state index contributed by atoms with van der Waals surface area (Å²) < 4.78 is 0. The van der Waals surface area contributed by atoms with Crippen LogP contribution in [-0.4, -0.2) is 41.0 Å². The lowest BCUT2D eigenvalue weighted by molar-refractivity contribution is 0.285. The van der Waals surface area contributed by atoms with Gasteiger partial charge in [0.05, 0.1) is 11.6 Å². The van der Waals surface area contributed by atoms with Crippen LogP contribution in [0.1, 0.15) is 23.4 Å². The lowest BCUT2D eigenvalue weighted by Crippen LogP contribution is -2.31. The third-order valence-electron chi connectivity index (χ3n) is 4.19. The molecule has 24 heavy (non-hydrogen) atoms. The van der Waals surface area contributed by atoms with Crippen molar-refractivity contribution in [3.63, 3.8) is 0 Å². The van der Waals surface area contributed by atoms with E-state index in [1.807, 2.05) is 37.3 Å². The van der Waals surface area contributed by atoms with Crippen molar-refractivity contribution in [1.82, 2.24) is 14.9 Å². The molecule has 6 heteroatoms. The predicted octanol–water partition coefficient (Wildman–Crippen LogP) is 3.02. The van der Waals surface area contributed by atoms with E-state index in [1.165, 1.54) is 5.56 Å². The van der Waals surface area contributed by atoms with Crippen LogP contribution in [0.15, 0.2) is 30.3 Å². The molecule has 5 nitrogen and oxygen atoms in total. The van der Waals surface area contributed by atoms with Gasteiger partial charge in [0.1, 0.15) is 16.8 Å². The van der Waals surface area contributed by atoms with Crippen LogP contribution in [-0.2, 0) is 6.54 Å². The highest BCUT2D eigenvalue weighted by Gasteiger charge is 2.17. The average molecular weight is 342 g/mol. The minimum absolute atomic E-state index is 0.496. The number of halogens is 1. The lowest BCUT2D eigenvalue weighted by Gasteiger charge is -2.23. The van der Waals surface area contributed by atoms with Crippen molar-refractivity contribution in [2.45, 2.75) is 19.9 Å². The van der Waals surface area contributed by atoms with Gasteiger partial charge in [-0.05, 0) is 31.0 Å². The summed E-state index contributed by atoms with van der Waals surface area (Å²) >= 11 is 6.06. The molecule has 1 aliphatic heterocycles. The van der Waals surface area contributed by atoms with Gasteiger partial charge >= 0.3 is 0 Å². The highest BCUT2D eigenvalue weighted by atomic mass is 35.5. The first-order chi connectivity index (χ1) is 11.6. The number of aryl methyl sites for hydroxylation is 1. The van der Waals surface area contributed by atoms with Crippen molar-refractivity contribution in [1.29, 1.82) is 5.26 Å². The van der Waals surface area contributed by atoms with Crippen LogP contribution in [0, 0.1) is 18.3 Å². The number of anilines is 1. The topological polar surface area (TPSA) is 56.1 Å². The van der Waals surface area contributed by atoms with Gasteiger partial charge < -0.3 is 4.90 Å². The Balaban J connectivity index is 1.63. The first-order valence-corrected chi connectivity index (χ1v) is 8.49. The zero-order valence-corrected chi connectivity index (χ0v) is 14.5. The highest BCUT2D eigenvalue weighted by Crippen LogP contribution is 2.18. The highest BCUT2D eigenvalue weighted by molar-refractivity contribution is 6.29. The fraction of sp³-hybridized carbons (Fsp3) is 0.389. The quantitative estimate of drug-likeness (QED) is 0.803. The minimum Gasteiger partial charge on any atom is -0.355 e. The zero-order chi connectivity index (χ0) is 16.9. The molecule has 1 aromatic carbocycles. The van der Waals surface area contributed by atoms with Crippen LogP contribution in [0.2, 0.25) is 5.15 Å². The van der Waals surface area contributed by atoms with E-state index < -0.39 is 0 Å². The van der Waals surface area contributed by atoms with Crippen molar-refractivity contribution in [3.05, 3.63) is 52.4 Å². The number of benzene rings is 1. The van der Waals surface area contributed by atoms with Crippen molar-refractivity contribution in [2.75, 3.05) is 31.1 Å². The van der Waals surface area contributed by atoms with E-state index in [4.69, 9.17) is 16.9 Å². The molecule has 0 aliphatic carbocycles. The van der Waals surface area contributed by atoms with Crippen LogP contribution in [0.3, 0.4) is 0 Å². The molecule has 124 valence electrons. The average Bonchev–Trinajstić information content (AvgIpc) is 2.80. The molecule has 3 rings (SSSR count). The molecule has 2 heterocycles. The van der Waals surface area contributed by atoms with E-state index in [0.29, 0.717) is 16.5 Å². The van der Waals surface area contributed by atoms with E-state index in [-0.39, 0.29) is 0 Å². The molecule has 1 aromatic heterocycles. The van der Waals surface area contributed by atoms with Gasteiger partial charge in [0.15, 0.2) is 0 Å². The molecule has 2 aromatic rings. The van der Waals surface area contributed by atoms with Gasteiger partial charge in [0, 0.05) is 38.8 Å². The van der Waals surface area contributed by atoms with E-state index in [9.17, 15) is 0 Å². The molecule has 0 saturated carbocycles. The standard InChI is InChI=1S/C18H20ClN5/c1-14-21-17(19)11-18(22-14)24-8-2-7-23(9-10-24)13-16-5-3-15(12-20)4-6-16/h3-6,11H,2,7-10,13H2,1H3. The third-order valence-corrected chi connectivity index (χ3v) is 4.39. The lowest BCUT2D eigenvalue weighted by atomic mass is 10.1. The Hall–Kier alpha value is -2.16. The maximum Gasteiger partial charge on any atom is 0.134 e. The molecular formula is C18H20ClN5. The fourth-order valence-electron chi connectivity index (χ4n) is 2.98. The van der Waals surface area contributed by atoms with E-state index >= 15 is 0 Å². The van der Waals surface area contributed by atoms with Crippen molar-refractivity contribution in [3.8, 4) is 6.07 Å². The van der Waals surface area contributed by atoms with E-state index in [2.05, 4.69) is 25.8 Å². The largest absolute Gasteiger partial charge is 0.355 e. The van der Waals surface area contributed by atoms with Crippen molar-refractivity contribution >= 4 is 17.4 Å². The Morgan fingerprint density at radius 3 is 2.62 bits per heavy atom. The summed E-state index contributed by atoms with van der Waals surface area (Å²) in [6, 6.07) is 11.8. The summed E-state index contributed by atoms with van der Waals surface area (Å²) in [5.41, 5.74) is 1.94. The van der Waals surface area contributed by atoms with Crippen LogP contribution in [0.4, 0.5) is 5.82 Å². The molecule has 0 unspecified atom stereocenters. The molecule has 0 spiro atoms. The Labute approximate surface area is 147 Å². The monoisotopic (exact) mass is 341 g/mol. The number of aromatic nitrogens is 2. The van der Waals surface area contributed by atoms with E-state index in [1.54, 1.807) is 0 Å². The second kappa shape index (κ2) is 7.61. The second-order valence-corrected chi connectivity index (χ2v) is 6.41. The molecule has 0 bridgehead atoms. The Morgan fingerprint density at radius 1 is 1.12 bits per heavy atom. The smallest absolute Gasteiger partial charge is 0.134 e. The zero-order valence-electron chi connectivity index (χ0n) is 13.7.